The van der Waals surface area contributed by atoms with Crippen LogP contribution in [0.25, 0.3) is 0 Å². The Morgan fingerprint density at radius 3 is 2.20 bits per heavy atom. The van der Waals surface area contributed by atoms with Gasteiger partial charge >= 0.3 is 115 Å². The van der Waals surface area contributed by atoms with Crippen molar-refractivity contribution in [3.05, 3.63) is 12.2 Å². The van der Waals surface area contributed by atoms with E-state index in [1.807, 2.05) is 6.92 Å². The van der Waals surface area contributed by atoms with Crippen LogP contribution in [-0.4, -0.2) is 103 Å². The first-order chi connectivity index (χ1) is 22.2. The van der Waals surface area contributed by atoms with Gasteiger partial charge in [-0.1, -0.05) is 27.4 Å². The van der Waals surface area contributed by atoms with E-state index in [4.69, 9.17) is 14.2 Å². The normalized spacial score (nSPS) is 41.3. The molecule has 4 aliphatic carbocycles. The van der Waals surface area contributed by atoms with Crippen molar-refractivity contribution in [2.24, 2.45) is 40.4 Å². The zero-order valence-electron chi connectivity index (χ0n) is 29.0. The Kier molecular flexibility index (Phi) is 15.9. The van der Waals surface area contributed by atoms with Crippen LogP contribution in [0.4, 0.5) is 0 Å². The Morgan fingerprint density at radius 1 is 1.02 bits per heavy atom. The van der Waals surface area contributed by atoms with Crippen LogP contribution in [-0.2, 0) is 53.0 Å². The van der Waals surface area contributed by atoms with Crippen LogP contribution in [0.5, 0.6) is 0 Å². The fraction of sp³-hybridized carbons (Fsp3) is 0.867. The molecule has 274 valence electrons. The quantitative estimate of drug-likeness (QED) is 0.0442. The zero-order valence-corrected chi connectivity index (χ0v) is 36.8. The molecule has 3 N–H and O–H groups in total. The second kappa shape index (κ2) is 17.4. The summed E-state index contributed by atoms with van der Waals surface area (Å²) in [6, 6.07) is 0. The molecule has 5 aliphatic rings. The Bertz CT molecular complexity index is 1490. The van der Waals surface area contributed by atoms with Crippen molar-refractivity contribution in [2.45, 2.75) is 115 Å². The van der Waals surface area contributed by atoms with Crippen LogP contribution in [0.3, 0.4) is 0 Å². The predicted molar refractivity (Wildman–Crippen MR) is 159 cm³/mol. The summed E-state index contributed by atoms with van der Waals surface area (Å²) in [7, 11) is -11.3. The van der Waals surface area contributed by atoms with Crippen LogP contribution in [0.1, 0.15) is 72.1 Å². The predicted octanol–water partition coefficient (Wildman–Crippen LogP) is -5.01. The molecular weight excluding hydrogens is 759 g/mol. The number of carbonyl (C=O) groups excluding carboxylic acids is 1. The second-order valence-electron chi connectivity index (χ2n) is 14.8. The number of hydrogen-bond donors (Lipinski definition) is 3. The molecule has 1 heterocycles. The molecule has 2 bridgehead atoms. The molecule has 1 saturated heterocycles. The Hall–Kier alpha value is 1.53. The van der Waals surface area contributed by atoms with E-state index in [0.29, 0.717) is 12.8 Å². The minimum Gasteiger partial charge on any atom is -0.726 e. The minimum atomic E-state index is -5.69. The van der Waals surface area contributed by atoms with Crippen molar-refractivity contribution < 1.29 is 176 Å². The molecule has 5 fully saturated rings. The number of aliphatic hydroxyl groups is 2. The molecular formula is C30H44K2O16S2. The van der Waals surface area contributed by atoms with E-state index in [2.05, 4.69) is 14.9 Å². The first kappa shape index (κ1) is 45.9. The number of aliphatic hydroxyl groups excluding tert-OH is 2. The monoisotopic (exact) mass is 802 g/mol. The van der Waals surface area contributed by atoms with Gasteiger partial charge in [0.15, 0.2) is 12.4 Å². The van der Waals surface area contributed by atoms with Crippen molar-refractivity contribution in [1.82, 2.24) is 0 Å². The SMILES string of the molecule is C=C1[C@H]2CC[C@H]3[C@]4(C)C[C@H](O[C@H]5O[C@@H](CO)[C@H](OS(=O)(=O)[O-])[C@@H](OS(=O)(=O)[O-])[C@@H]5OC(=O)CC(C)C)CC(C(=O)O)[C@H]4CC[C@@]3(C2)[C@H]1O.[K+].[K+]. The van der Waals surface area contributed by atoms with Crippen LogP contribution in [0.15, 0.2) is 12.2 Å². The van der Waals surface area contributed by atoms with Crippen molar-refractivity contribution in [2.75, 3.05) is 6.61 Å². The Labute approximate surface area is 377 Å². The first-order valence-corrected chi connectivity index (χ1v) is 18.8. The number of esters is 1. The summed E-state index contributed by atoms with van der Waals surface area (Å²) < 4.78 is 96.9. The molecule has 20 heteroatoms. The topological polar surface area (TPSA) is 255 Å². The Balaban J connectivity index is 0.00000338. The Morgan fingerprint density at radius 2 is 1.64 bits per heavy atom. The molecule has 1 aliphatic heterocycles. The molecule has 16 nitrogen and oxygen atoms in total. The summed E-state index contributed by atoms with van der Waals surface area (Å²) in [6.07, 6.45) is -8.49. The van der Waals surface area contributed by atoms with Crippen molar-refractivity contribution >= 4 is 32.7 Å². The maximum absolute atomic E-state index is 12.9. The smallest absolute Gasteiger partial charge is 0.726 e. The van der Waals surface area contributed by atoms with Crippen LogP contribution < -0.4 is 103 Å². The average molecular weight is 803 g/mol. The third kappa shape index (κ3) is 9.55. The van der Waals surface area contributed by atoms with Gasteiger partial charge < -0.3 is 38.6 Å². The minimum absolute atomic E-state index is 0. The van der Waals surface area contributed by atoms with Crippen molar-refractivity contribution in [1.29, 1.82) is 0 Å². The summed E-state index contributed by atoms with van der Waals surface area (Å²) in [6.45, 7) is 8.41. The van der Waals surface area contributed by atoms with E-state index in [1.165, 1.54) is 0 Å². The number of rotatable bonds is 11. The number of hydrogen-bond acceptors (Lipinski definition) is 15. The molecule has 13 atom stereocenters. The van der Waals surface area contributed by atoms with Gasteiger partial charge in [-0.15, -0.1) is 0 Å². The van der Waals surface area contributed by atoms with Gasteiger partial charge in [0.2, 0.25) is 20.8 Å². The number of ether oxygens (including phenoxy) is 3. The van der Waals surface area contributed by atoms with Gasteiger partial charge in [0.25, 0.3) is 0 Å². The van der Waals surface area contributed by atoms with Gasteiger partial charge in [0.1, 0.15) is 18.3 Å². The summed E-state index contributed by atoms with van der Waals surface area (Å²) in [5, 5.41) is 31.9. The van der Waals surface area contributed by atoms with E-state index in [1.54, 1.807) is 13.8 Å². The molecule has 0 aromatic heterocycles. The average Bonchev–Trinajstić information content (AvgIpc) is 3.12. The number of carbonyl (C=O) groups is 2. The van der Waals surface area contributed by atoms with Crippen molar-refractivity contribution in [3.8, 4) is 0 Å². The first-order valence-electron chi connectivity index (χ1n) is 16.2. The number of carboxylic acid groups (broad SMARTS) is 1. The third-order valence-corrected chi connectivity index (χ3v) is 12.4. The molecule has 4 saturated carbocycles. The molecule has 0 aromatic carbocycles. The number of aliphatic carboxylic acids is 1. The van der Waals surface area contributed by atoms with Crippen LogP contribution in [0.2, 0.25) is 0 Å². The number of carboxylic acids is 1. The van der Waals surface area contributed by atoms with Gasteiger partial charge in [-0.3, -0.25) is 18.0 Å². The largest absolute Gasteiger partial charge is 1.00 e. The number of fused-ring (bicyclic) bond motifs is 3. The summed E-state index contributed by atoms with van der Waals surface area (Å²) >= 11 is 0. The molecule has 50 heavy (non-hydrogen) atoms. The maximum Gasteiger partial charge on any atom is 1.00 e. The zero-order chi connectivity index (χ0) is 35.6. The standard InChI is InChI=1S/C30H46O16S2.2K/c1-14(2)9-22(32)44-25-24(46-48(39,40)41)23(45-47(36,37)38)20(13-31)43-28(25)42-17-10-18(27(34)35)19-7-8-30-11-16(15(3)26(30)33)5-6-21(30)29(19,4)12-17;;/h14,16-21,23-26,28,31,33H,3,5-13H2,1-2,4H3,(H,34,35)(H,36,37,38)(H,39,40,41);;/q;2*+1/p-2/t16-,17+,18?,19+,20-,21-,23-,24+,25-,26-,28-,29+,30-;;/m0../s1. The molecule has 1 spiro atoms. The molecule has 1 unspecified atom stereocenters. The maximum atomic E-state index is 12.9. The van der Waals surface area contributed by atoms with Gasteiger partial charge in [0, 0.05) is 11.8 Å². The van der Waals surface area contributed by atoms with Gasteiger partial charge in [0.05, 0.1) is 24.7 Å². The fourth-order valence-corrected chi connectivity index (χ4v) is 10.8. The summed E-state index contributed by atoms with van der Waals surface area (Å²) in [5.41, 5.74) is -0.359. The fourth-order valence-electron chi connectivity index (χ4n) is 9.81. The van der Waals surface area contributed by atoms with E-state index in [-0.39, 0.29) is 146 Å². The van der Waals surface area contributed by atoms with Gasteiger partial charge in [-0.25, -0.2) is 16.8 Å². The van der Waals surface area contributed by atoms with Gasteiger partial charge in [-0.05, 0) is 79.6 Å². The molecule has 5 rings (SSSR count). The van der Waals surface area contributed by atoms with E-state index < -0.39 is 99.0 Å². The van der Waals surface area contributed by atoms with E-state index in [9.17, 15) is 50.8 Å². The summed E-state index contributed by atoms with van der Waals surface area (Å²) in [4.78, 5) is 25.6. The van der Waals surface area contributed by atoms with Crippen molar-refractivity contribution in [3.63, 3.8) is 0 Å². The third-order valence-electron chi connectivity index (χ3n) is 11.5. The van der Waals surface area contributed by atoms with E-state index >= 15 is 0 Å². The molecule has 0 radical (unpaired) electrons. The summed E-state index contributed by atoms with van der Waals surface area (Å²) in [5.74, 6) is -3.38. The molecule has 0 aromatic rings. The molecule has 0 amide bonds. The van der Waals surface area contributed by atoms with Crippen LogP contribution >= 0.6 is 0 Å². The van der Waals surface area contributed by atoms with E-state index in [0.717, 1.165) is 24.8 Å². The van der Waals surface area contributed by atoms with Gasteiger partial charge in [-0.2, -0.15) is 0 Å². The second-order valence-corrected chi connectivity index (χ2v) is 16.8. The van der Waals surface area contributed by atoms with Crippen LogP contribution in [0, 0.1) is 40.4 Å².